The molecule has 2 aliphatic heterocycles. The molecule has 3 heterocycles. The van der Waals surface area contributed by atoms with E-state index < -0.39 is 0 Å². The summed E-state index contributed by atoms with van der Waals surface area (Å²) in [6, 6.07) is 13.6. The van der Waals surface area contributed by atoms with Crippen LogP contribution in [0, 0.1) is 12.8 Å². The number of benzene rings is 1. The molecule has 0 aliphatic carbocycles. The lowest BCUT2D eigenvalue weighted by Gasteiger charge is -2.38. The fraction of sp³-hybridized carbons (Fsp3) is 0.409. The van der Waals surface area contributed by atoms with Gasteiger partial charge in [-0.15, -0.1) is 0 Å². The van der Waals surface area contributed by atoms with Crippen LogP contribution in [0.2, 0.25) is 0 Å². The van der Waals surface area contributed by atoms with Gasteiger partial charge in [0.05, 0.1) is 12.5 Å². The van der Waals surface area contributed by atoms with Gasteiger partial charge in [0, 0.05) is 43.1 Å². The molecule has 2 fully saturated rings. The highest BCUT2D eigenvalue weighted by Gasteiger charge is 2.37. The number of piperidine rings is 1. The van der Waals surface area contributed by atoms with E-state index in [0.29, 0.717) is 26.1 Å². The van der Waals surface area contributed by atoms with Crippen molar-refractivity contribution < 1.29 is 14.3 Å². The number of amides is 2. The van der Waals surface area contributed by atoms with Gasteiger partial charge >= 0.3 is 0 Å². The summed E-state index contributed by atoms with van der Waals surface area (Å²) in [6.07, 6.45) is 2.90. The molecule has 0 spiro atoms. The first kappa shape index (κ1) is 18.6. The standard InChI is InChI=1S/C22H25N3O3/c1-16-7-8-17(12-23-16)11-21(26)24-10-9-20-18(13-24)14-25(22(27)15-28-20)19-5-3-2-4-6-19/h2-8,12,18,20H,9-11,13-15H2,1H3/t18-,20+/m1/s1. The molecule has 1 aromatic carbocycles. The maximum absolute atomic E-state index is 12.8. The first-order chi connectivity index (χ1) is 13.6. The molecule has 0 saturated carbocycles. The average molecular weight is 379 g/mol. The van der Waals surface area contributed by atoms with Crippen LogP contribution >= 0.6 is 0 Å². The molecule has 6 nitrogen and oxygen atoms in total. The largest absolute Gasteiger partial charge is 0.368 e. The van der Waals surface area contributed by atoms with E-state index in [0.717, 1.165) is 23.4 Å². The lowest BCUT2D eigenvalue weighted by molar-refractivity contribution is -0.136. The minimum absolute atomic E-state index is 0.0164. The van der Waals surface area contributed by atoms with Crippen LogP contribution in [-0.4, -0.2) is 54.0 Å². The van der Waals surface area contributed by atoms with E-state index in [9.17, 15) is 9.59 Å². The van der Waals surface area contributed by atoms with Crippen LogP contribution in [0.4, 0.5) is 5.69 Å². The van der Waals surface area contributed by atoms with Gasteiger partial charge in [-0.2, -0.15) is 0 Å². The van der Waals surface area contributed by atoms with Gasteiger partial charge in [0.15, 0.2) is 0 Å². The topological polar surface area (TPSA) is 62.7 Å². The minimum atomic E-state index is -0.0239. The number of likely N-dealkylation sites (tertiary alicyclic amines) is 1. The van der Waals surface area contributed by atoms with Crippen molar-refractivity contribution in [3.05, 3.63) is 59.9 Å². The Morgan fingerprint density at radius 1 is 1.18 bits per heavy atom. The third-order valence-electron chi connectivity index (χ3n) is 5.55. The lowest BCUT2D eigenvalue weighted by Crippen LogP contribution is -2.49. The first-order valence-corrected chi connectivity index (χ1v) is 9.76. The molecule has 0 unspecified atom stereocenters. The Balaban J connectivity index is 1.45. The summed E-state index contributed by atoms with van der Waals surface area (Å²) in [6.45, 7) is 3.88. The summed E-state index contributed by atoms with van der Waals surface area (Å²) in [5.41, 5.74) is 2.75. The van der Waals surface area contributed by atoms with E-state index in [1.54, 1.807) is 11.1 Å². The summed E-state index contributed by atoms with van der Waals surface area (Å²) in [5.74, 6) is 0.190. The summed E-state index contributed by atoms with van der Waals surface area (Å²) < 4.78 is 5.89. The van der Waals surface area contributed by atoms with Crippen LogP contribution in [0.5, 0.6) is 0 Å². The van der Waals surface area contributed by atoms with E-state index in [4.69, 9.17) is 4.74 Å². The number of anilines is 1. The fourth-order valence-corrected chi connectivity index (χ4v) is 3.97. The maximum atomic E-state index is 12.8. The Bertz CT molecular complexity index is 838. The Kier molecular flexibility index (Phi) is 5.39. The van der Waals surface area contributed by atoms with Crippen LogP contribution < -0.4 is 4.90 Å². The molecular formula is C22H25N3O3. The summed E-state index contributed by atoms with van der Waals surface area (Å²) >= 11 is 0. The zero-order chi connectivity index (χ0) is 19.5. The van der Waals surface area contributed by atoms with Crippen molar-refractivity contribution in [1.82, 2.24) is 9.88 Å². The van der Waals surface area contributed by atoms with Crippen LogP contribution in [-0.2, 0) is 20.7 Å². The summed E-state index contributed by atoms with van der Waals surface area (Å²) in [4.78, 5) is 33.3. The fourth-order valence-electron chi connectivity index (χ4n) is 3.97. The second-order valence-electron chi connectivity index (χ2n) is 7.56. The van der Waals surface area contributed by atoms with E-state index in [1.807, 2.05) is 54.3 Å². The number of hydrogen-bond donors (Lipinski definition) is 0. The number of rotatable bonds is 3. The molecule has 146 valence electrons. The van der Waals surface area contributed by atoms with Crippen molar-refractivity contribution in [3.63, 3.8) is 0 Å². The highest BCUT2D eigenvalue weighted by atomic mass is 16.5. The molecule has 2 saturated heterocycles. The van der Waals surface area contributed by atoms with Gasteiger partial charge in [0.25, 0.3) is 5.91 Å². The Labute approximate surface area is 165 Å². The SMILES string of the molecule is Cc1ccc(CC(=O)N2CC[C@@H]3OCC(=O)N(c4ccccc4)C[C@H]3C2)cn1. The molecule has 0 bridgehead atoms. The van der Waals surface area contributed by atoms with Crippen molar-refractivity contribution in [2.75, 3.05) is 31.1 Å². The summed E-state index contributed by atoms with van der Waals surface area (Å²) in [5, 5.41) is 0. The van der Waals surface area contributed by atoms with Crippen molar-refractivity contribution in [2.45, 2.75) is 25.9 Å². The molecular weight excluding hydrogens is 354 g/mol. The van der Waals surface area contributed by atoms with Gasteiger partial charge < -0.3 is 14.5 Å². The van der Waals surface area contributed by atoms with E-state index in [1.165, 1.54) is 0 Å². The van der Waals surface area contributed by atoms with Crippen LogP contribution in [0.3, 0.4) is 0 Å². The zero-order valence-electron chi connectivity index (χ0n) is 16.1. The van der Waals surface area contributed by atoms with E-state index >= 15 is 0 Å². The molecule has 6 heteroatoms. The molecule has 2 aliphatic rings. The Morgan fingerprint density at radius 2 is 2.00 bits per heavy atom. The first-order valence-electron chi connectivity index (χ1n) is 9.76. The number of aryl methyl sites for hydroxylation is 1. The van der Waals surface area contributed by atoms with Gasteiger partial charge in [0.1, 0.15) is 6.61 Å². The van der Waals surface area contributed by atoms with Gasteiger partial charge in [0.2, 0.25) is 5.91 Å². The molecule has 1 aromatic heterocycles. The molecule has 28 heavy (non-hydrogen) atoms. The van der Waals surface area contributed by atoms with E-state index in [2.05, 4.69) is 4.98 Å². The number of carbonyl (C=O) groups is 2. The Hall–Kier alpha value is -2.73. The number of aromatic nitrogens is 1. The van der Waals surface area contributed by atoms with Crippen molar-refractivity contribution in [3.8, 4) is 0 Å². The normalized spacial score (nSPS) is 22.5. The second kappa shape index (κ2) is 8.10. The van der Waals surface area contributed by atoms with Gasteiger partial charge in [-0.05, 0) is 37.1 Å². The lowest BCUT2D eigenvalue weighted by atomic mass is 9.93. The highest BCUT2D eigenvalue weighted by molar-refractivity contribution is 5.94. The molecule has 0 radical (unpaired) electrons. The van der Waals surface area contributed by atoms with Gasteiger partial charge in [-0.25, -0.2) is 0 Å². The third kappa shape index (κ3) is 4.07. The van der Waals surface area contributed by atoms with Crippen LogP contribution in [0.1, 0.15) is 17.7 Å². The number of pyridine rings is 1. The second-order valence-corrected chi connectivity index (χ2v) is 7.56. The minimum Gasteiger partial charge on any atom is -0.368 e. The third-order valence-corrected chi connectivity index (χ3v) is 5.55. The Morgan fingerprint density at radius 3 is 2.75 bits per heavy atom. The zero-order valence-corrected chi connectivity index (χ0v) is 16.1. The number of carbonyl (C=O) groups excluding carboxylic acids is 2. The quantitative estimate of drug-likeness (QED) is 0.820. The predicted octanol–water partition coefficient (Wildman–Crippen LogP) is 2.21. The number of hydrogen-bond acceptors (Lipinski definition) is 4. The van der Waals surface area contributed by atoms with E-state index in [-0.39, 0.29) is 30.4 Å². The number of ether oxygens (including phenoxy) is 1. The monoisotopic (exact) mass is 379 g/mol. The van der Waals surface area contributed by atoms with Gasteiger partial charge in [-0.1, -0.05) is 24.3 Å². The average Bonchev–Trinajstić information content (AvgIpc) is 2.89. The van der Waals surface area contributed by atoms with Crippen molar-refractivity contribution >= 4 is 17.5 Å². The van der Waals surface area contributed by atoms with Crippen LogP contribution in [0.25, 0.3) is 0 Å². The molecule has 2 aromatic rings. The predicted molar refractivity (Wildman–Crippen MR) is 106 cm³/mol. The summed E-state index contributed by atoms with van der Waals surface area (Å²) in [7, 11) is 0. The van der Waals surface area contributed by atoms with Gasteiger partial charge in [-0.3, -0.25) is 14.6 Å². The smallest absolute Gasteiger partial charge is 0.252 e. The van der Waals surface area contributed by atoms with Crippen molar-refractivity contribution in [2.24, 2.45) is 5.92 Å². The number of nitrogens with zero attached hydrogens (tertiary/aromatic N) is 3. The number of para-hydroxylation sites is 1. The molecule has 4 rings (SSSR count). The van der Waals surface area contributed by atoms with Crippen molar-refractivity contribution in [1.29, 1.82) is 0 Å². The van der Waals surface area contributed by atoms with Crippen LogP contribution in [0.15, 0.2) is 48.7 Å². The molecule has 2 amide bonds. The highest BCUT2D eigenvalue weighted by Crippen LogP contribution is 2.27. The molecule has 0 N–H and O–H groups in total. The number of fused-ring (bicyclic) bond motifs is 1. The maximum Gasteiger partial charge on any atom is 0.252 e. The molecule has 2 atom stereocenters.